The Morgan fingerprint density at radius 1 is 0.545 bits per heavy atom. The quantitative estimate of drug-likeness (QED) is 0.0478. The van der Waals surface area contributed by atoms with Crippen molar-refractivity contribution >= 4 is 11.9 Å². The summed E-state index contributed by atoms with van der Waals surface area (Å²) >= 11 is 0. The molecular weight excluding hydrogens is 548 g/mol. The van der Waals surface area contributed by atoms with Crippen LogP contribution in [0.1, 0.15) is 155 Å². The molecule has 5 heteroatoms. The summed E-state index contributed by atoms with van der Waals surface area (Å²) in [6, 6.07) is 0. The molecule has 252 valence electrons. The van der Waals surface area contributed by atoms with Crippen LogP contribution in [-0.2, 0) is 19.1 Å². The van der Waals surface area contributed by atoms with Gasteiger partial charge in [-0.15, -0.1) is 0 Å². The van der Waals surface area contributed by atoms with Crippen LogP contribution in [0.25, 0.3) is 0 Å². The molecule has 0 saturated carbocycles. The molecule has 0 aliphatic heterocycles. The molecule has 1 N–H and O–H groups in total. The third-order valence-corrected chi connectivity index (χ3v) is 7.30. The van der Waals surface area contributed by atoms with Crippen LogP contribution in [0.2, 0.25) is 0 Å². The third-order valence-electron chi connectivity index (χ3n) is 7.30. The second-order valence-electron chi connectivity index (χ2n) is 11.6. The Morgan fingerprint density at radius 2 is 0.977 bits per heavy atom. The predicted molar refractivity (Wildman–Crippen MR) is 187 cm³/mol. The van der Waals surface area contributed by atoms with E-state index in [1.807, 2.05) is 0 Å². The van der Waals surface area contributed by atoms with Crippen molar-refractivity contribution in [2.45, 2.75) is 161 Å². The number of aliphatic hydroxyl groups is 1. The fourth-order valence-corrected chi connectivity index (χ4v) is 4.60. The highest BCUT2D eigenvalue weighted by atomic mass is 16.6. The Morgan fingerprint density at radius 3 is 1.48 bits per heavy atom. The van der Waals surface area contributed by atoms with E-state index in [4.69, 9.17) is 9.47 Å². The van der Waals surface area contributed by atoms with Crippen LogP contribution in [0.15, 0.2) is 60.8 Å². The maximum Gasteiger partial charge on any atom is 0.306 e. The summed E-state index contributed by atoms with van der Waals surface area (Å²) in [6.45, 7) is 3.95. The highest BCUT2D eigenvalue weighted by Crippen LogP contribution is 2.11. The number of hydrogen-bond donors (Lipinski definition) is 1. The van der Waals surface area contributed by atoms with Gasteiger partial charge in [0.25, 0.3) is 0 Å². The van der Waals surface area contributed by atoms with Crippen molar-refractivity contribution in [2.75, 3.05) is 13.2 Å². The zero-order chi connectivity index (χ0) is 32.2. The largest absolute Gasteiger partial charge is 0.462 e. The molecule has 0 aliphatic carbocycles. The number of esters is 2. The Bertz CT molecular complexity index is 792. The molecule has 0 rings (SSSR count). The summed E-state index contributed by atoms with van der Waals surface area (Å²) in [5.41, 5.74) is 0. The number of carbonyl (C=O) groups excluding carboxylic acids is 2. The van der Waals surface area contributed by atoms with Gasteiger partial charge in [-0.25, -0.2) is 0 Å². The van der Waals surface area contributed by atoms with E-state index in [2.05, 4.69) is 74.6 Å². The first-order valence-electron chi connectivity index (χ1n) is 17.8. The Hall–Kier alpha value is -2.40. The van der Waals surface area contributed by atoms with Gasteiger partial charge in [-0.2, -0.15) is 0 Å². The van der Waals surface area contributed by atoms with E-state index in [9.17, 15) is 14.7 Å². The van der Waals surface area contributed by atoms with Crippen molar-refractivity contribution in [2.24, 2.45) is 0 Å². The summed E-state index contributed by atoms with van der Waals surface area (Å²) < 4.78 is 10.6. The fourth-order valence-electron chi connectivity index (χ4n) is 4.60. The van der Waals surface area contributed by atoms with E-state index < -0.39 is 6.10 Å². The van der Waals surface area contributed by atoms with Crippen molar-refractivity contribution in [1.29, 1.82) is 0 Å². The average molecular weight is 615 g/mol. The highest BCUT2D eigenvalue weighted by molar-refractivity contribution is 5.70. The molecule has 1 atom stereocenters. The summed E-state index contributed by atoms with van der Waals surface area (Å²) in [5.74, 6) is -0.633. The molecule has 0 heterocycles. The van der Waals surface area contributed by atoms with Crippen LogP contribution in [0.5, 0.6) is 0 Å². The van der Waals surface area contributed by atoms with E-state index in [1.54, 1.807) is 0 Å². The average Bonchev–Trinajstić information content (AvgIpc) is 3.02. The maximum atomic E-state index is 12.1. The highest BCUT2D eigenvalue weighted by Gasteiger charge is 2.16. The SMILES string of the molecule is CC/C=C\C/C=C\C/C=C\CCCCCCCC(=O)OC(CO)COC(=O)CCCCCCC/C=C\C/C=C\CCCCC. The van der Waals surface area contributed by atoms with E-state index in [-0.39, 0.29) is 25.2 Å². The lowest BCUT2D eigenvalue weighted by atomic mass is 10.1. The van der Waals surface area contributed by atoms with Crippen LogP contribution in [0.3, 0.4) is 0 Å². The molecule has 0 amide bonds. The molecule has 0 saturated heterocycles. The smallest absolute Gasteiger partial charge is 0.306 e. The van der Waals surface area contributed by atoms with Crippen LogP contribution in [0.4, 0.5) is 0 Å². The number of aliphatic hydroxyl groups excluding tert-OH is 1. The standard InChI is InChI=1S/C39H66O5/c1-3-5-7-9-11-13-15-17-19-21-23-25-27-29-31-33-38(41)43-36-37(35-40)44-39(42)34-32-30-28-26-24-22-20-18-16-14-12-10-8-6-4-2/h6,8,11-14,17-20,37,40H,3-5,7,9-10,15-16,21-36H2,1-2H3/b8-6-,13-11-,14-12-,19-17-,20-18-. The summed E-state index contributed by atoms with van der Waals surface area (Å²) in [5, 5.41) is 9.52. The number of ether oxygens (including phenoxy) is 2. The molecule has 0 radical (unpaired) electrons. The monoisotopic (exact) mass is 614 g/mol. The van der Waals surface area contributed by atoms with Gasteiger partial charge in [0.05, 0.1) is 6.61 Å². The molecule has 0 bridgehead atoms. The van der Waals surface area contributed by atoms with Gasteiger partial charge in [-0.05, 0) is 77.0 Å². The van der Waals surface area contributed by atoms with E-state index in [0.717, 1.165) is 89.9 Å². The van der Waals surface area contributed by atoms with Crippen molar-refractivity contribution in [3.8, 4) is 0 Å². The Balaban J connectivity index is 3.65. The van der Waals surface area contributed by atoms with Gasteiger partial charge < -0.3 is 14.6 Å². The number of rotatable bonds is 31. The van der Waals surface area contributed by atoms with Crippen LogP contribution >= 0.6 is 0 Å². The van der Waals surface area contributed by atoms with Crippen LogP contribution in [-0.4, -0.2) is 36.4 Å². The van der Waals surface area contributed by atoms with Gasteiger partial charge in [0.15, 0.2) is 6.10 Å². The zero-order valence-corrected chi connectivity index (χ0v) is 28.4. The first kappa shape index (κ1) is 41.6. The summed E-state index contributed by atoms with van der Waals surface area (Å²) in [7, 11) is 0. The van der Waals surface area contributed by atoms with Crippen molar-refractivity contribution in [1.82, 2.24) is 0 Å². The van der Waals surface area contributed by atoms with Gasteiger partial charge in [0, 0.05) is 12.8 Å². The Labute approximate surface area is 271 Å². The molecule has 0 aliphatic rings. The van der Waals surface area contributed by atoms with Gasteiger partial charge >= 0.3 is 11.9 Å². The minimum Gasteiger partial charge on any atom is -0.462 e. The molecular formula is C39H66O5. The predicted octanol–water partition coefficient (Wildman–Crippen LogP) is 10.8. The fraction of sp³-hybridized carbons (Fsp3) is 0.692. The van der Waals surface area contributed by atoms with Gasteiger partial charge in [-0.1, -0.05) is 126 Å². The lowest BCUT2D eigenvalue weighted by Crippen LogP contribution is -2.28. The van der Waals surface area contributed by atoms with Crippen molar-refractivity contribution in [3.05, 3.63) is 60.8 Å². The minimum atomic E-state index is -0.787. The van der Waals surface area contributed by atoms with Crippen molar-refractivity contribution in [3.63, 3.8) is 0 Å². The molecule has 0 aromatic carbocycles. The van der Waals surface area contributed by atoms with E-state index in [1.165, 1.54) is 38.5 Å². The molecule has 0 fully saturated rings. The lowest BCUT2D eigenvalue weighted by molar-refractivity contribution is -0.161. The van der Waals surface area contributed by atoms with Crippen LogP contribution < -0.4 is 0 Å². The van der Waals surface area contributed by atoms with Gasteiger partial charge in [0.1, 0.15) is 6.61 Å². The Kier molecular flexibility index (Phi) is 33.2. The van der Waals surface area contributed by atoms with E-state index >= 15 is 0 Å². The topological polar surface area (TPSA) is 72.8 Å². The summed E-state index contributed by atoms with van der Waals surface area (Å²) in [4.78, 5) is 24.2. The first-order valence-corrected chi connectivity index (χ1v) is 17.8. The van der Waals surface area contributed by atoms with Gasteiger partial charge in [0.2, 0.25) is 0 Å². The second-order valence-corrected chi connectivity index (χ2v) is 11.6. The van der Waals surface area contributed by atoms with Crippen LogP contribution in [0, 0.1) is 0 Å². The minimum absolute atomic E-state index is 0.0828. The molecule has 5 nitrogen and oxygen atoms in total. The lowest BCUT2D eigenvalue weighted by Gasteiger charge is -2.15. The molecule has 0 spiro atoms. The normalized spacial score (nSPS) is 12.9. The number of allylic oxidation sites excluding steroid dienone is 10. The third kappa shape index (κ3) is 32.5. The maximum absolute atomic E-state index is 12.1. The zero-order valence-electron chi connectivity index (χ0n) is 28.4. The number of carbonyl (C=O) groups is 2. The molecule has 44 heavy (non-hydrogen) atoms. The summed E-state index contributed by atoms with van der Waals surface area (Å²) in [6.07, 6.45) is 44.1. The number of hydrogen-bond acceptors (Lipinski definition) is 5. The number of unbranched alkanes of at least 4 members (excludes halogenated alkanes) is 13. The van der Waals surface area contributed by atoms with Gasteiger partial charge in [-0.3, -0.25) is 9.59 Å². The van der Waals surface area contributed by atoms with Crippen molar-refractivity contribution < 1.29 is 24.2 Å². The second kappa shape index (κ2) is 35.1. The van der Waals surface area contributed by atoms with E-state index in [0.29, 0.717) is 12.8 Å². The molecule has 1 unspecified atom stereocenters. The first-order chi connectivity index (χ1) is 21.6. The molecule has 0 aromatic heterocycles. The molecule has 0 aromatic rings.